The summed E-state index contributed by atoms with van der Waals surface area (Å²) in [6.07, 6.45) is 0.565. The molecule has 0 saturated heterocycles. The molecule has 1 aromatic rings. The maximum atomic E-state index is 10.6. The monoisotopic (exact) mass is 195 g/mol. The van der Waals surface area contributed by atoms with Crippen LogP contribution >= 0.6 is 0 Å². The van der Waals surface area contributed by atoms with Gasteiger partial charge in [0.25, 0.3) is 0 Å². The summed E-state index contributed by atoms with van der Waals surface area (Å²) in [6.45, 7) is 1.52. The Morgan fingerprint density at radius 2 is 2.21 bits per heavy atom. The van der Waals surface area contributed by atoms with Gasteiger partial charge in [0.05, 0.1) is 18.2 Å². The van der Waals surface area contributed by atoms with Gasteiger partial charge in [-0.2, -0.15) is 0 Å². The molecular formula is C10H13NO3. The van der Waals surface area contributed by atoms with E-state index in [-0.39, 0.29) is 17.9 Å². The second-order valence-electron chi connectivity index (χ2n) is 3.20. The third kappa shape index (κ3) is 1.92. The van der Waals surface area contributed by atoms with Crippen molar-refractivity contribution < 1.29 is 15.0 Å². The van der Waals surface area contributed by atoms with Gasteiger partial charge in [-0.1, -0.05) is 6.07 Å². The van der Waals surface area contributed by atoms with Crippen molar-refractivity contribution in [2.75, 3.05) is 6.61 Å². The van der Waals surface area contributed by atoms with Crippen LogP contribution in [0.4, 0.5) is 0 Å². The number of aliphatic hydroxyl groups excluding tert-OH is 1. The van der Waals surface area contributed by atoms with E-state index in [1.165, 1.54) is 0 Å². The van der Waals surface area contributed by atoms with E-state index >= 15 is 0 Å². The number of aryl methyl sites for hydroxylation is 1. The zero-order chi connectivity index (χ0) is 10.7. The van der Waals surface area contributed by atoms with Gasteiger partial charge in [-0.25, -0.2) is 0 Å². The Balaban J connectivity index is 3.28. The number of hydrogen-bond donors (Lipinski definition) is 3. The first-order chi connectivity index (χ1) is 6.60. The molecule has 0 saturated carbocycles. The highest BCUT2D eigenvalue weighted by Crippen LogP contribution is 2.27. The summed E-state index contributed by atoms with van der Waals surface area (Å²) in [4.78, 5) is 10.6. The van der Waals surface area contributed by atoms with Crippen LogP contribution in [0.25, 0.3) is 0 Å². The number of rotatable bonds is 3. The molecule has 0 spiro atoms. The highest BCUT2D eigenvalue weighted by atomic mass is 16.3. The number of phenols is 1. The first-order valence-electron chi connectivity index (χ1n) is 4.25. The van der Waals surface area contributed by atoms with Crippen LogP contribution in [0.2, 0.25) is 0 Å². The molecule has 0 bridgehead atoms. The Hall–Kier alpha value is -1.39. The number of aliphatic hydroxyl groups is 1. The van der Waals surface area contributed by atoms with E-state index in [1.54, 1.807) is 19.1 Å². The minimum Gasteiger partial charge on any atom is -0.507 e. The molecule has 0 aliphatic heterocycles. The van der Waals surface area contributed by atoms with Gasteiger partial charge in [0.1, 0.15) is 5.75 Å². The Bertz CT molecular complexity index is 349. The molecule has 0 radical (unpaired) electrons. The number of carbonyl (C=O) groups excluding carboxylic acids is 1. The summed E-state index contributed by atoms with van der Waals surface area (Å²) < 4.78 is 0. The average molecular weight is 195 g/mol. The summed E-state index contributed by atoms with van der Waals surface area (Å²) in [5.74, 6) is -0.146. The average Bonchev–Trinajstić information content (AvgIpc) is 2.19. The van der Waals surface area contributed by atoms with Gasteiger partial charge >= 0.3 is 0 Å². The molecule has 0 aliphatic carbocycles. The molecule has 4 heteroatoms. The van der Waals surface area contributed by atoms with Gasteiger partial charge in [0, 0.05) is 5.56 Å². The third-order valence-electron chi connectivity index (χ3n) is 2.04. The predicted molar refractivity (Wildman–Crippen MR) is 52.2 cm³/mol. The van der Waals surface area contributed by atoms with E-state index in [2.05, 4.69) is 0 Å². The topological polar surface area (TPSA) is 83.5 Å². The fourth-order valence-corrected chi connectivity index (χ4v) is 1.31. The van der Waals surface area contributed by atoms with Crippen LogP contribution in [-0.4, -0.2) is 23.1 Å². The lowest BCUT2D eigenvalue weighted by Crippen LogP contribution is -2.15. The molecule has 4 nitrogen and oxygen atoms in total. The molecule has 0 fully saturated rings. The molecule has 1 rings (SSSR count). The first-order valence-corrected chi connectivity index (χ1v) is 4.25. The quantitative estimate of drug-likeness (QED) is 0.613. The van der Waals surface area contributed by atoms with Crippen molar-refractivity contribution in [3.05, 3.63) is 28.8 Å². The molecule has 4 N–H and O–H groups in total. The number of aromatic hydroxyl groups is 1. The highest BCUT2D eigenvalue weighted by Gasteiger charge is 2.13. The van der Waals surface area contributed by atoms with Crippen LogP contribution in [0.15, 0.2) is 12.1 Å². The normalized spacial score (nSPS) is 12.5. The summed E-state index contributed by atoms with van der Waals surface area (Å²) in [6, 6.07) is 2.56. The SMILES string of the molecule is Cc1cc(C=O)c(O)c([C@@H](N)CO)c1. The molecule has 0 aromatic heterocycles. The van der Waals surface area contributed by atoms with E-state index in [0.29, 0.717) is 11.8 Å². The predicted octanol–water partition coefficient (Wildman–Crippen LogP) is 0.505. The van der Waals surface area contributed by atoms with E-state index in [9.17, 15) is 9.90 Å². The van der Waals surface area contributed by atoms with Gasteiger partial charge in [0.2, 0.25) is 0 Å². The fourth-order valence-electron chi connectivity index (χ4n) is 1.31. The summed E-state index contributed by atoms with van der Waals surface area (Å²) in [7, 11) is 0. The molecule has 1 atom stereocenters. The second-order valence-corrected chi connectivity index (χ2v) is 3.20. The van der Waals surface area contributed by atoms with Gasteiger partial charge in [-0.3, -0.25) is 4.79 Å². The van der Waals surface area contributed by atoms with Gasteiger partial charge in [-0.05, 0) is 18.6 Å². The lowest BCUT2D eigenvalue weighted by atomic mass is 10.0. The largest absolute Gasteiger partial charge is 0.507 e. The number of benzene rings is 1. The Labute approximate surface area is 82.0 Å². The Kier molecular flexibility index (Phi) is 3.22. The van der Waals surface area contributed by atoms with Crippen LogP contribution in [0, 0.1) is 6.92 Å². The fraction of sp³-hybridized carbons (Fsp3) is 0.300. The lowest BCUT2D eigenvalue weighted by molar-refractivity contribution is 0.112. The molecule has 0 aliphatic rings. The standard InChI is InChI=1S/C10H13NO3/c1-6-2-7(4-12)10(14)8(3-6)9(11)5-13/h2-4,9,13-14H,5,11H2,1H3/t9-/m0/s1. The van der Waals surface area contributed by atoms with E-state index in [0.717, 1.165) is 5.56 Å². The Morgan fingerprint density at radius 3 is 2.71 bits per heavy atom. The molecule has 0 unspecified atom stereocenters. The van der Waals surface area contributed by atoms with Gasteiger partial charge in [0.15, 0.2) is 6.29 Å². The maximum Gasteiger partial charge on any atom is 0.153 e. The van der Waals surface area contributed by atoms with Gasteiger partial charge < -0.3 is 15.9 Å². The number of carbonyl (C=O) groups is 1. The summed E-state index contributed by atoms with van der Waals surface area (Å²) >= 11 is 0. The van der Waals surface area contributed by atoms with Crippen molar-refractivity contribution >= 4 is 6.29 Å². The van der Waals surface area contributed by atoms with Crippen molar-refractivity contribution in [1.29, 1.82) is 0 Å². The summed E-state index contributed by atoms with van der Waals surface area (Å²) in [5, 5.41) is 18.4. The van der Waals surface area contributed by atoms with Crippen molar-refractivity contribution in [2.24, 2.45) is 5.73 Å². The van der Waals surface area contributed by atoms with Crippen LogP contribution in [-0.2, 0) is 0 Å². The molecule has 1 aromatic carbocycles. The molecule has 76 valence electrons. The maximum absolute atomic E-state index is 10.6. The highest BCUT2D eigenvalue weighted by molar-refractivity contribution is 5.80. The molecule has 0 amide bonds. The van der Waals surface area contributed by atoms with Crippen LogP contribution in [0.5, 0.6) is 5.75 Å². The smallest absolute Gasteiger partial charge is 0.153 e. The van der Waals surface area contributed by atoms with Crippen LogP contribution < -0.4 is 5.73 Å². The van der Waals surface area contributed by atoms with E-state index in [4.69, 9.17) is 10.8 Å². The number of hydrogen-bond acceptors (Lipinski definition) is 4. The van der Waals surface area contributed by atoms with E-state index in [1.807, 2.05) is 0 Å². The van der Waals surface area contributed by atoms with Crippen molar-refractivity contribution in [1.82, 2.24) is 0 Å². The zero-order valence-electron chi connectivity index (χ0n) is 7.90. The molecule has 14 heavy (non-hydrogen) atoms. The minimum atomic E-state index is -0.659. The number of phenolic OH excluding ortho intramolecular Hbond substituents is 1. The van der Waals surface area contributed by atoms with Gasteiger partial charge in [-0.15, -0.1) is 0 Å². The number of aldehydes is 1. The number of nitrogens with two attached hydrogens (primary N) is 1. The lowest BCUT2D eigenvalue weighted by Gasteiger charge is -2.12. The molecule has 0 heterocycles. The second kappa shape index (κ2) is 4.21. The third-order valence-corrected chi connectivity index (χ3v) is 2.04. The summed E-state index contributed by atoms with van der Waals surface area (Å²) in [5.41, 5.74) is 6.98. The van der Waals surface area contributed by atoms with Crippen LogP contribution in [0.3, 0.4) is 0 Å². The van der Waals surface area contributed by atoms with Crippen molar-refractivity contribution in [3.63, 3.8) is 0 Å². The van der Waals surface area contributed by atoms with Crippen molar-refractivity contribution in [2.45, 2.75) is 13.0 Å². The van der Waals surface area contributed by atoms with Crippen LogP contribution in [0.1, 0.15) is 27.5 Å². The van der Waals surface area contributed by atoms with E-state index < -0.39 is 6.04 Å². The minimum absolute atomic E-state index is 0.146. The molecular weight excluding hydrogens is 182 g/mol. The van der Waals surface area contributed by atoms with Crippen molar-refractivity contribution in [3.8, 4) is 5.75 Å². The Morgan fingerprint density at radius 1 is 1.57 bits per heavy atom. The zero-order valence-corrected chi connectivity index (χ0v) is 7.90. The first kappa shape index (κ1) is 10.7.